The molecule has 0 saturated carbocycles. The Bertz CT molecular complexity index is 954. The zero-order chi connectivity index (χ0) is 19.4. The number of fused-ring (bicyclic) bond motifs is 1. The molecule has 0 aliphatic rings. The number of carbonyl (C=O) groups is 2. The van der Waals surface area contributed by atoms with Gasteiger partial charge in [0.1, 0.15) is 29.1 Å². The van der Waals surface area contributed by atoms with Crippen molar-refractivity contribution in [1.29, 1.82) is 0 Å². The number of para-hydroxylation sites is 1. The maximum atomic E-state index is 13.5. The van der Waals surface area contributed by atoms with E-state index in [1.807, 2.05) is 23.5 Å². The third-order valence-electron chi connectivity index (χ3n) is 3.88. The van der Waals surface area contributed by atoms with Gasteiger partial charge in [0, 0.05) is 18.6 Å². The SMILES string of the molecule is CO[C@H](CNC(=O)C(=O)Nc1cc(F)ccc1F)c1cc2ccccc2o1. The maximum Gasteiger partial charge on any atom is 0.313 e. The van der Waals surface area contributed by atoms with E-state index in [-0.39, 0.29) is 6.54 Å². The van der Waals surface area contributed by atoms with Crippen LogP contribution in [0.5, 0.6) is 0 Å². The number of rotatable bonds is 5. The Kier molecular flexibility index (Phi) is 5.46. The third kappa shape index (κ3) is 4.29. The summed E-state index contributed by atoms with van der Waals surface area (Å²) < 4.78 is 37.6. The second-order valence-electron chi connectivity index (χ2n) is 5.70. The maximum absolute atomic E-state index is 13.5. The first-order valence-electron chi connectivity index (χ1n) is 8.03. The minimum absolute atomic E-state index is 0.0474. The second-order valence-corrected chi connectivity index (χ2v) is 5.70. The predicted octanol–water partition coefficient (Wildman–Crippen LogP) is 3.15. The first kappa shape index (κ1) is 18.5. The molecule has 0 unspecified atom stereocenters. The van der Waals surface area contributed by atoms with Gasteiger partial charge in [0.25, 0.3) is 0 Å². The molecular formula is C19H16F2N2O4. The summed E-state index contributed by atoms with van der Waals surface area (Å²) in [6.07, 6.45) is -0.625. The number of ether oxygens (including phenoxy) is 1. The average Bonchev–Trinajstić information content (AvgIpc) is 3.09. The van der Waals surface area contributed by atoms with Crippen LogP contribution in [-0.2, 0) is 14.3 Å². The molecule has 2 aromatic carbocycles. The lowest BCUT2D eigenvalue weighted by molar-refractivity contribution is -0.136. The molecule has 2 amide bonds. The van der Waals surface area contributed by atoms with E-state index >= 15 is 0 Å². The lowest BCUT2D eigenvalue weighted by atomic mass is 10.2. The molecule has 27 heavy (non-hydrogen) atoms. The van der Waals surface area contributed by atoms with E-state index in [1.54, 1.807) is 12.1 Å². The van der Waals surface area contributed by atoms with Crippen LogP contribution in [0.4, 0.5) is 14.5 Å². The molecule has 3 rings (SSSR count). The molecule has 1 aromatic heterocycles. The van der Waals surface area contributed by atoms with Gasteiger partial charge < -0.3 is 19.8 Å². The van der Waals surface area contributed by atoms with E-state index < -0.39 is 35.2 Å². The van der Waals surface area contributed by atoms with Crippen LogP contribution in [0.15, 0.2) is 52.9 Å². The Morgan fingerprint density at radius 1 is 1.11 bits per heavy atom. The zero-order valence-electron chi connectivity index (χ0n) is 14.3. The molecule has 0 saturated heterocycles. The Balaban J connectivity index is 1.62. The number of methoxy groups -OCH3 is 1. The Labute approximate surface area is 153 Å². The summed E-state index contributed by atoms with van der Waals surface area (Å²) in [7, 11) is 1.44. The number of halogens is 2. The summed E-state index contributed by atoms with van der Waals surface area (Å²) in [5.41, 5.74) is 0.246. The number of nitrogens with one attached hydrogen (secondary N) is 2. The number of benzene rings is 2. The van der Waals surface area contributed by atoms with Gasteiger partial charge in [-0.05, 0) is 24.3 Å². The van der Waals surface area contributed by atoms with Gasteiger partial charge in [-0.3, -0.25) is 9.59 Å². The van der Waals surface area contributed by atoms with Crippen molar-refractivity contribution in [2.45, 2.75) is 6.10 Å². The molecule has 3 aromatic rings. The molecule has 0 bridgehead atoms. The molecule has 0 fully saturated rings. The summed E-state index contributed by atoms with van der Waals surface area (Å²) >= 11 is 0. The van der Waals surface area contributed by atoms with Crippen LogP contribution in [-0.4, -0.2) is 25.5 Å². The molecule has 6 nitrogen and oxygen atoms in total. The van der Waals surface area contributed by atoms with Crippen LogP contribution in [0, 0.1) is 11.6 Å². The Hall–Kier alpha value is -3.26. The molecule has 0 radical (unpaired) electrons. The fourth-order valence-electron chi connectivity index (χ4n) is 2.50. The van der Waals surface area contributed by atoms with Crippen molar-refractivity contribution >= 4 is 28.5 Å². The van der Waals surface area contributed by atoms with Gasteiger partial charge in [-0.1, -0.05) is 18.2 Å². The van der Waals surface area contributed by atoms with Gasteiger partial charge in [-0.25, -0.2) is 8.78 Å². The average molecular weight is 374 g/mol. The van der Waals surface area contributed by atoms with Crippen molar-refractivity contribution in [3.8, 4) is 0 Å². The lowest BCUT2D eigenvalue weighted by Crippen LogP contribution is -2.38. The highest BCUT2D eigenvalue weighted by Gasteiger charge is 2.20. The lowest BCUT2D eigenvalue weighted by Gasteiger charge is -2.13. The fourth-order valence-corrected chi connectivity index (χ4v) is 2.50. The van der Waals surface area contributed by atoms with Gasteiger partial charge >= 0.3 is 11.8 Å². The fraction of sp³-hybridized carbons (Fsp3) is 0.158. The molecule has 0 spiro atoms. The van der Waals surface area contributed by atoms with E-state index in [0.717, 1.165) is 23.6 Å². The van der Waals surface area contributed by atoms with Crippen LogP contribution in [0.3, 0.4) is 0 Å². The van der Waals surface area contributed by atoms with Gasteiger partial charge in [-0.2, -0.15) is 0 Å². The summed E-state index contributed by atoms with van der Waals surface area (Å²) in [6.45, 7) is -0.0474. The topological polar surface area (TPSA) is 80.6 Å². The standard InChI is InChI=1S/C19H16F2N2O4/c1-26-17(16-8-11-4-2-3-5-15(11)27-16)10-22-18(24)19(25)23-14-9-12(20)6-7-13(14)21/h2-9,17H,10H2,1H3,(H,22,24)(H,23,25)/t17-/m1/s1. The Morgan fingerprint density at radius 3 is 2.63 bits per heavy atom. The number of anilines is 1. The molecule has 1 heterocycles. The van der Waals surface area contributed by atoms with Crippen molar-refractivity contribution in [1.82, 2.24) is 5.32 Å². The number of carbonyl (C=O) groups excluding carboxylic acids is 2. The summed E-state index contributed by atoms with van der Waals surface area (Å²) in [6, 6.07) is 11.7. The van der Waals surface area contributed by atoms with Crippen molar-refractivity contribution in [3.63, 3.8) is 0 Å². The van der Waals surface area contributed by atoms with Crippen LogP contribution >= 0.6 is 0 Å². The minimum atomic E-state index is -1.13. The highest BCUT2D eigenvalue weighted by molar-refractivity contribution is 6.39. The summed E-state index contributed by atoms with van der Waals surface area (Å²) in [5, 5.41) is 5.28. The van der Waals surface area contributed by atoms with Crippen molar-refractivity contribution in [2.75, 3.05) is 19.0 Å². The van der Waals surface area contributed by atoms with Crippen molar-refractivity contribution in [2.24, 2.45) is 0 Å². The molecule has 2 N–H and O–H groups in total. The largest absolute Gasteiger partial charge is 0.458 e. The Morgan fingerprint density at radius 2 is 1.89 bits per heavy atom. The number of hydrogen-bond acceptors (Lipinski definition) is 4. The van der Waals surface area contributed by atoms with Gasteiger partial charge in [-0.15, -0.1) is 0 Å². The van der Waals surface area contributed by atoms with Crippen LogP contribution < -0.4 is 10.6 Å². The van der Waals surface area contributed by atoms with Crippen molar-refractivity contribution < 1.29 is 27.5 Å². The van der Waals surface area contributed by atoms with Crippen molar-refractivity contribution in [3.05, 3.63) is 65.9 Å². The second kappa shape index (κ2) is 7.96. The monoisotopic (exact) mass is 374 g/mol. The minimum Gasteiger partial charge on any atom is -0.458 e. The van der Waals surface area contributed by atoms with E-state index in [2.05, 4.69) is 5.32 Å². The smallest absolute Gasteiger partial charge is 0.313 e. The molecular weight excluding hydrogens is 358 g/mol. The molecule has 1 atom stereocenters. The van der Waals surface area contributed by atoms with Gasteiger partial charge in [0.05, 0.1) is 12.2 Å². The zero-order valence-corrected chi connectivity index (χ0v) is 14.3. The normalized spacial score (nSPS) is 12.0. The van der Waals surface area contributed by atoms with Crippen LogP contribution in [0.25, 0.3) is 11.0 Å². The summed E-state index contributed by atoms with van der Waals surface area (Å²) in [5.74, 6) is -3.25. The predicted molar refractivity (Wildman–Crippen MR) is 94.0 cm³/mol. The van der Waals surface area contributed by atoms with Gasteiger partial charge in [0.2, 0.25) is 0 Å². The quantitative estimate of drug-likeness (QED) is 0.673. The third-order valence-corrected chi connectivity index (χ3v) is 3.88. The molecule has 0 aliphatic carbocycles. The van der Waals surface area contributed by atoms with E-state index in [9.17, 15) is 18.4 Å². The van der Waals surface area contributed by atoms with E-state index in [0.29, 0.717) is 11.3 Å². The molecule has 8 heteroatoms. The first-order valence-corrected chi connectivity index (χ1v) is 8.03. The van der Waals surface area contributed by atoms with E-state index in [1.165, 1.54) is 7.11 Å². The molecule has 140 valence electrons. The highest BCUT2D eigenvalue weighted by atomic mass is 19.1. The first-order chi connectivity index (χ1) is 13.0. The van der Waals surface area contributed by atoms with Crippen LogP contribution in [0.2, 0.25) is 0 Å². The van der Waals surface area contributed by atoms with Crippen LogP contribution in [0.1, 0.15) is 11.9 Å². The highest BCUT2D eigenvalue weighted by Crippen LogP contribution is 2.25. The number of furan rings is 1. The van der Waals surface area contributed by atoms with E-state index in [4.69, 9.17) is 9.15 Å². The van der Waals surface area contributed by atoms with Gasteiger partial charge in [0.15, 0.2) is 0 Å². The number of amides is 2. The number of hydrogen-bond donors (Lipinski definition) is 2. The summed E-state index contributed by atoms with van der Waals surface area (Å²) in [4.78, 5) is 23.8. The molecule has 0 aliphatic heterocycles.